The number of furan rings is 1. The van der Waals surface area contributed by atoms with Crippen LogP contribution >= 0.6 is 0 Å². The molecule has 0 fully saturated rings. The van der Waals surface area contributed by atoms with Crippen LogP contribution in [-0.2, 0) is 4.79 Å². The van der Waals surface area contributed by atoms with Crippen molar-refractivity contribution in [2.75, 3.05) is 0 Å². The summed E-state index contributed by atoms with van der Waals surface area (Å²) in [5.74, 6) is 0.839. The molecule has 2 aromatic rings. The van der Waals surface area contributed by atoms with Crippen LogP contribution in [0.2, 0.25) is 0 Å². The van der Waals surface area contributed by atoms with Crippen LogP contribution in [-0.4, -0.2) is 17.9 Å². The summed E-state index contributed by atoms with van der Waals surface area (Å²) < 4.78 is 5.34. The fourth-order valence-corrected chi connectivity index (χ4v) is 1.93. The van der Waals surface area contributed by atoms with E-state index in [4.69, 9.17) is 4.42 Å². The van der Waals surface area contributed by atoms with Gasteiger partial charge in [-0.1, -0.05) is 24.3 Å². The highest BCUT2D eigenvalue weighted by molar-refractivity contribution is 6.13. The highest BCUT2D eigenvalue weighted by Crippen LogP contribution is 2.22. The number of hydrazone groups is 1. The zero-order valence-electron chi connectivity index (χ0n) is 9.92. The van der Waals surface area contributed by atoms with Crippen LogP contribution < -0.4 is 5.43 Å². The van der Waals surface area contributed by atoms with Crippen LogP contribution in [0.1, 0.15) is 22.5 Å². The van der Waals surface area contributed by atoms with Crippen LogP contribution in [0.3, 0.4) is 0 Å². The maximum absolute atomic E-state index is 11.1. The summed E-state index contributed by atoms with van der Waals surface area (Å²) in [6, 6.07) is 10.9. The van der Waals surface area contributed by atoms with Crippen LogP contribution in [0.25, 0.3) is 11.3 Å². The van der Waals surface area contributed by atoms with Gasteiger partial charge in [0.2, 0.25) is 5.91 Å². The van der Waals surface area contributed by atoms with Gasteiger partial charge in [-0.2, -0.15) is 5.10 Å². The summed E-state index contributed by atoms with van der Waals surface area (Å²) in [7, 11) is 0. The molecule has 1 aliphatic heterocycles. The molecule has 1 aliphatic rings. The Morgan fingerprint density at radius 3 is 2.42 bits per heavy atom. The predicted molar refractivity (Wildman–Crippen MR) is 68.8 cm³/mol. The summed E-state index contributed by atoms with van der Waals surface area (Å²) in [5.41, 5.74) is 4.91. The van der Waals surface area contributed by atoms with E-state index in [2.05, 4.69) is 10.5 Å². The SMILES string of the molecule is O=Cc1ccc(-c2ccc(C3=NNC(=O)C3)cc2)o1. The average molecular weight is 254 g/mol. The van der Waals surface area contributed by atoms with Crippen molar-refractivity contribution in [1.82, 2.24) is 5.43 Å². The lowest BCUT2D eigenvalue weighted by Crippen LogP contribution is -2.09. The van der Waals surface area contributed by atoms with Crippen LogP contribution in [0.4, 0.5) is 0 Å². The van der Waals surface area contributed by atoms with E-state index in [1.165, 1.54) is 0 Å². The van der Waals surface area contributed by atoms with Gasteiger partial charge in [-0.25, -0.2) is 5.43 Å². The smallest absolute Gasteiger partial charge is 0.246 e. The second-order valence-corrected chi connectivity index (χ2v) is 4.17. The summed E-state index contributed by atoms with van der Waals surface area (Å²) in [6.07, 6.45) is 0.970. The summed E-state index contributed by atoms with van der Waals surface area (Å²) in [5, 5.41) is 3.95. The fraction of sp³-hybridized carbons (Fsp3) is 0.0714. The first-order valence-electron chi connectivity index (χ1n) is 5.77. The van der Waals surface area contributed by atoms with Crippen molar-refractivity contribution in [2.45, 2.75) is 6.42 Å². The molecule has 0 bridgehead atoms. The van der Waals surface area contributed by atoms with E-state index in [1.54, 1.807) is 12.1 Å². The van der Waals surface area contributed by atoms with Crippen LogP contribution in [0.15, 0.2) is 45.9 Å². The van der Waals surface area contributed by atoms with Gasteiger partial charge in [0.05, 0.1) is 12.1 Å². The first-order chi connectivity index (χ1) is 9.26. The van der Waals surface area contributed by atoms with Gasteiger partial charge in [0.15, 0.2) is 12.0 Å². The Hall–Kier alpha value is -2.69. The molecule has 0 saturated carbocycles. The summed E-state index contributed by atoms with van der Waals surface area (Å²) >= 11 is 0. The molecule has 2 heterocycles. The Kier molecular flexibility index (Phi) is 2.72. The topological polar surface area (TPSA) is 71.7 Å². The van der Waals surface area contributed by atoms with E-state index in [1.807, 2.05) is 24.3 Å². The van der Waals surface area contributed by atoms with Gasteiger partial charge in [-0.3, -0.25) is 9.59 Å². The van der Waals surface area contributed by atoms with Crippen molar-refractivity contribution in [2.24, 2.45) is 5.10 Å². The molecule has 0 saturated heterocycles. The number of hydrogen-bond donors (Lipinski definition) is 1. The maximum atomic E-state index is 11.1. The minimum atomic E-state index is -0.0965. The fourth-order valence-electron chi connectivity index (χ4n) is 1.93. The Bertz CT molecular complexity index is 668. The van der Waals surface area contributed by atoms with Crippen molar-refractivity contribution in [3.8, 4) is 11.3 Å². The molecule has 3 rings (SSSR count). The van der Waals surface area contributed by atoms with Crippen LogP contribution in [0, 0.1) is 0 Å². The van der Waals surface area contributed by atoms with Crippen molar-refractivity contribution in [3.63, 3.8) is 0 Å². The molecule has 0 radical (unpaired) electrons. The lowest BCUT2D eigenvalue weighted by molar-refractivity contribution is -0.119. The average Bonchev–Trinajstić information content (AvgIpc) is 3.07. The molecule has 1 aromatic heterocycles. The van der Waals surface area contributed by atoms with Crippen molar-refractivity contribution >= 4 is 17.9 Å². The number of aldehydes is 1. The van der Waals surface area contributed by atoms with Gasteiger partial charge in [-0.05, 0) is 17.7 Å². The maximum Gasteiger partial charge on any atom is 0.246 e. The number of carbonyl (C=O) groups excluding carboxylic acids is 2. The van der Waals surface area contributed by atoms with Gasteiger partial charge in [0.1, 0.15) is 5.76 Å². The Morgan fingerprint density at radius 1 is 1.11 bits per heavy atom. The first-order valence-corrected chi connectivity index (χ1v) is 5.77. The number of nitrogens with one attached hydrogen (secondary N) is 1. The number of hydrogen-bond acceptors (Lipinski definition) is 4. The van der Waals surface area contributed by atoms with E-state index in [-0.39, 0.29) is 5.91 Å². The second-order valence-electron chi connectivity index (χ2n) is 4.17. The third-order valence-electron chi connectivity index (χ3n) is 2.89. The lowest BCUT2D eigenvalue weighted by atomic mass is 10.0. The summed E-state index contributed by atoms with van der Waals surface area (Å²) in [4.78, 5) is 21.6. The molecule has 1 N–H and O–H groups in total. The van der Waals surface area contributed by atoms with E-state index < -0.39 is 0 Å². The van der Waals surface area contributed by atoms with Crippen LogP contribution in [0.5, 0.6) is 0 Å². The normalized spacial score (nSPS) is 14.1. The van der Waals surface area contributed by atoms with Gasteiger partial charge < -0.3 is 4.42 Å². The molecule has 0 aliphatic carbocycles. The first kappa shape index (κ1) is 11.4. The number of rotatable bonds is 3. The minimum Gasteiger partial charge on any atom is -0.453 e. The number of carbonyl (C=O) groups is 2. The molecule has 5 heteroatoms. The quantitative estimate of drug-likeness (QED) is 0.851. The number of nitrogens with zero attached hydrogens (tertiary/aromatic N) is 1. The van der Waals surface area contributed by atoms with Gasteiger partial charge in [-0.15, -0.1) is 0 Å². The largest absolute Gasteiger partial charge is 0.453 e. The Labute approximate surface area is 108 Å². The van der Waals surface area contributed by atoms with Crippen molar-refractivity contribution < 1.29 is 14.0 Å². The van der Waals surface area contributed by atoms with E-state index in [9.17, 15) is 9.59 Å². The molecule has 1 amide bonds. The third kappa shape index (κ3) is 2.18. The third-order valence-corrected chi connectivity index (χ3v) is 2.89. The lowest BCUT2D eigenvalue weighted by Gasteiger charge is -2.00. The van der Waals surface area contributed by atoms with E-state index in [0.29, 0.717) is 24.2 Å². The molecule has 0 atom stereocenters. The van der Waals surface area contributed by atoms with Crippen molar-refractivity contribution in [1.29, 1.82) is 0 Å². The van der Waals surface area contributed by atoms with E-state index in [0.717, 1.165) is 16.8 Å². The van der Waals surface area contributed by atoms with Gasteiger partial charge >= 0.3 is 0 Å². The van der Waals surface area contributed by atoms with E-state index >= 15 is 0 Å². The number of benzene rings is 1. The molecular formula is C14H10N2O3. The molecule has 0 unspecified atom stereocenters. The highest BCUT2D eigenvalue weighted by atomic mass is 16.3. The standard InChI is InChI=1S/C14H10N2O3/c17-8-11-5-6-13(19-11)10-3-1-9(2-4-10)12-7-14(18)16-15-12/h1-6,8H,7H2,(H,16,18). The van der Waals surface area contributed by atoms with Crippen molar-refractivity contribution in [3.05, 3.63) is 47.7 Å². The van der Waals surface area contributed by atoms with Gasteiger partial charge in [0, 0.05) is 5.56 Å². The minimum absolute atomic E-state index is 0.0965. The molecule has 5 nitrogen and oxygen atoms in total. The number of amides is 1. The monoisotopic (exact) mass is 254 g/mol. The second kappa shape index (κ2) is 4.53. The van der Waals surface area contributed by atoms with Gasteiger partial charge in [0.25, 0.3) is 0 Å². The highest BCUT2D eigenvalue weighted by Gasteiger charge is 2.16. The molecule has 19 heavy (non-hydrogen) atoms. The zero-order chi connectivity index (χ0) is 13.2. The zero-order valence-corrected chi connectivity index (χ0v) is 9.92. The molecule has 1 aromatic carbocycles. The predicted octanol–water partition coefficient (Wildman–Crippen LogP) is 1.98. The summed E-state index contributed by atoms with van der Waals surface area (Å²) in [6.45, 7) is 0. The molecule has 0 spiro atoms. The Morgan fingerprint density at radius 2 is 1.84 bits per heavy atom. The Balaban J connectivity index is 1.86. The molecular weight excluding hydrogens is 244 g/mol. The molecule has 94 valence electrons.